The number of carboxylic acid groups (broad SMARTS) is 1. The molecule has 0 bridgehead atoms. The fourth-order valence-electron chi connectivity index (χ4n) is 3.32. The molecule has 0 aliphatic carbocycles. The standard InChI is InChI=1S/C22H46N6O5/c23-11-5-2-1-3-9-15-28(21(30)16-26-14-8-7-13-25)17-20(29)27-19(10-4-6-12-24)18-33-22(31)32/h19,26H,1-18,23-25H2,(H,27,29)(H,31,32)/t19-/m1/s1. The van der Waals surface area contributed by atoms with Crippen LogP contribution in [0.3, 0.4) is 0 Å². The lowest BCUT2D eigenvalue weighted by atomic mass is 10.1. The molecule has 0 unspecified atom stereocenters. The first-order chi connectivity index (χ1) is 15.9. The third-order valence-corrected chi connectivity index (χ3v) is 5.18. The lowest BCUT2D eigenvalue weighted by Crippen LogP contribution is -2.48. The molecule has 0 aromatic carbocycles. The summed E-state index contributed by atoms with van der Waals surface area (Å²) in [4.78, 5) is 37.7. The third kappa shape index (κ3) is 19.2. The van der Waals surface area contributed by atoms with Crippen molar-refractivity contribution in [1.29, 1.82) is 0 Å². The summed E-state index contributed by atoms with van der Waals surface area (Å²) in [5.74, 6) is -0.470. The molecule has 33 heavy (non-hydrogen) atoms. The first-order valence-electron chi connectivity index (χ1n) is 12.2. The van der Waals surface area contributed by atoms with Crippen LogP contribution in [-0.2, 0) is 14.3 Å². The molecule has 0 aromatic heterocycles. The number of hydrogen-bond donors (Lipinski definition) is 6. The summed E-state index contributed by atoms with van der Waals surface area (Å²) in [6.45, 7) is 2.94. The summed E-state index contributed by atoms with van der Waals surface area (Å²) < 4.78 is 4.65. The van der Waals surface area contributed by atoms with E-state index in [2.05, 4.69) is 15.4 Å². The summed E-state index contributed by atoms with van der Waals surface area (Å²) in [5.41, 5.74) is 16.5. The van der Waals surface area contributed by atoms with Gasteiger partial charge in [0, 0.05) is 6.54 Å². The topological polar surface area (TPSA) is 186 Å². The van der Waals surface area contributed by atoms with Crippen molar-refractivity contribution >= 4 is 18.0 Å². The third-order valence-electron chi connectivity index (χ3n) is 5.18. The molecule has 0 saturated carbocycles. The van der Waals surface area contributed by atoms with Crippen LogP contribution in [0.15, 0.2) is 0 Å². The van der Waals surface area contributed by atoms with Crippen LogP contribution in [-0.4, -0.2) is 86.4 Å². The number of nitrogens with one attached hydrogen (secondary N) is 2. The summed E-state index contributed by atoms with van der Waals surface area (Å²) in [7, 11) is 0. The van der Waals surface area contributed by atoms with E-state index in [0.717, 1.165) is 57.8 Å². The molecule has 11 nitrogen and oxygen atoms in total. The Kier molecular flexibility index (Phi) is 20.6. The quantitative estimate of drug-likeness (QED) is 0.0951. The van der Waals surface area contributed by atoms with Crippen molar-refractivity contribution in [2.75, 3.05) is 52.4 Å². The van der Waals surface area contributed by atoms with E-state index in [1.165, 1.54) is 0 Å². The average Bonchev–Trinajstić information content (AvgIpc) is 2.78. The molecule has 0 aromatic rings. The van der Waals surface area contributed by atoms with Crippen molar-refractivity contribution < 1.29 is 24.2 Å². The van der Waals surface area contributed by atoms with Gasteiger partial charge in [0.25, 0.3) is 0 Å². The van der Waals surface area contributed by atoms with Gasteiger partial charge in [-0.25, -0.2) is 4.79 Å². The predicted molar refractivity (Wildman–Crippen MR) is 129 cm³/mol. The molecule has 0 fully saturated rings. The van der Waals surface area contributed by atoms with Gasteiger partial charge in [-0.15, -0.1) is 0 Å². The molecule has 0 heterocycles. The highest BCUT2D eigenvalue weighted by Gasteiger charge is 2.20. The molecule has 0 saturated heterocycles. The van der Waals surface area contributed by atoms with Crippen LogP contribution in [0.25, 0.3) is 0 Å². The second-order valence-corrected chi connectivity index (χ2v) is 8.17. The number of nitrogens with two attached hydrogens (primary N) is 3. The fourth-order valence-corrected chi connectivity index (χ4v) is 3.32. The summed E-state index contributed by atoms with van der Waals surface area (Å²) in [6, 6.07) is -0.456. The second kappa shape index (κ2) is 21.9. The molecule has 0 aliphatic heterocycles. The smallest absolute Gasteiger partial charge is 0.450 e. The second-order valence-electron chi connectivity index (χ2n) is 8.17. The monoisotopic (exact) mass is 474 g/mol. The van der Waals surface area contributed by atoms with E-state index in [1.807, 2.05) is 0 Å². The Hall–Kier alpha value is -1.95. The minimum Gasteiger partial charge on any atom is -0.450 e. The highest BCUT2D eigenvalue weighted by molar-refractivity contribution is 5.85. The molecule has 9 N–H and O–H groups in total. The van der Waals surface area contributed by atoms with Gasteiger partial charge in [-0.2, -0.15) is 0 Å². The molecule has 0 aliphatic rings. The van der Waals surface area contributed by atoms with Crippen molar-refractivity contribution in [2.24, 2.45) is 17.2 Å². The van der Waals surface area contributed by atoms with Crippen molar-refractivity contribution in [1.82, 2.24) is 15.5 Å². The zero-order valence-electron chi connectivity index (χ0n) is 20.1. The van der Waals surface area contributed by atoms with E-state index in [-0.39, 0.29) is 31.5 Å². The van der Waals surface area contributed by atoms with Gasteiger partial charge < -0.3 is 42.6 Å². The lowest BCUT2D eigenvalue weighted by Gasteiger charge is -2.24. The van der Waals surface area contributed by atoms with Gasteiger partial charge in [0.2, 0.25) is 11.8 Å². The average molecular weight is 475 g/mol. The Morgan fingerprint density at radius 3 is 2.12 bits per heavy atom. The zero-order chi connectivity index (χ0) is 24.7. The number of hydrogen-bond acceptors (Lipinski definition) is 8. The van der Waals surface area contributed by atoms with Gasteiger partial charge >= 0.3 is 6.16 Å². The Bertz CT molecular complexity index is 524. The molecule has 2 amide bonds. The first kappa shape index (κ1) is 31.0. The molecular formula is C22H46N6O5. The summed E-state index contributed by atoms with van der Waals surface area (Å²) in [6.07, 6.45) is 7.30. The predicted octanol–water partition coefficient (Wildman–Crippen LogP) is 0.361. The molecule has 0 radical (unpaired) electrons. The molecule has 1 atom stereocenters. The Balaban J connectivity index is 4.76. The van der Waals surface area contributed by atoms with Crippen molar-refractivity contribution in [3.05, 3.63) is 0 Å². The van der Waals surface area contributed by atoms with Gasteiger partial charge in [-0.3, -0.25) is 9.59 Å². The number of carbonyl (C=O) groups excluding carboxylic acids is 2. The SMILES string of the molecule is NCCCCCCCN(CC(=O)N[C@H](CCCCN)COC(=O)O)C(=O)CNCCCCN. The molecule has 0 rings (SSSR count). The van der Waals surface area contributed by atoms with E-state index in [0.29, 0.717) is 39.1 Å². The molecule has 11 heteroatoms. The van der Waals surface area contributed by atoms with Crippen LogP contribution < -0.4 is 27.8 Å². The maximum Gasteiger partial charge on any atom is 0.505 e. The summed E-state index contributed by atoms with van der Waals surface area (Å²) in [5, 5.41) is 14.7. The Morgan fingerprint density at radius 1 is 0.848 bits per heavy atom. The van der Waals surface area contributed by atoms with E-state index >= 15 is 0 Å². The van der Waals surface area contributed by atoms with E-state index < -0.39 is 12.2 Å². The number of ether oxygens (including phenoxy) is 1. The van der Waals surface area contributed by atoms with Crippen molar-refractivity contribution in [2.45, 2.75) is 70.3 Å². The number of unbranched alkanes of at least 4 members (excludes halogenated alkanes) is 6. The minimum absolute atomic E-state index is 0.0768. The molecule has 0 spiro atoms. The van der Waals surface area contributed by atoms with Crippen molar-refractivity contribution in [3.63, 3.8) is 0 Å². The van der Waals surface area contributed by atoms with Crippen LogP contribution in [0.1, 0.15) is 64.2 Å². The Morgan fingerprint density at radius 2 is 1.45 bits per heavy atom. The van der Waals surface area contributed by atoms with Crippen LogP contribution in [0.4, 0.5) is 4.79 Å². The van der Waals surface area contributed by atoms with Crippen molar-refractivity contribution in [3.8, 4) is 0 Å². The highest BCUT2D eigenvalue weighted by atomic mass is 16.7. The van der Waals surface area contributed by atoms with Crippen LogP contribution in [0.5, 0.6) is 0 Å². The van der Waals surface area contributed by atoms with Crippen LogP contribution in [0.2, 0.25) is 0 Å². The minimum atomic E-state index is -1.39. The number of amides is 2. The number of nitrogens with zero attached hydrogens (tertiary/aromatic N) is 1. The first-order valence-corrected chi connectivity index (χ1v) is 12.2. The van der Waals surface area contributed by atoms with Gasteiger partial charge in [0.05, 0.1) is 19.1 Å². The normalized spacial score (nSPS) is 11.7. The van der Waals surface area contributed by atoms with Gasteiger partial charge in [0.1, 0.15) is 6.61 Å². The molecular weight excluding hydrogens is 428 g/mol. The summed E-state index contributed by atoms with van der Waals surface area (Å²) >= 11 is 0. The van der Waals surface area contributed by atoms with Crippen LogP contribution in [0, 0.1) is 0 Å². The zero-order valence-corrected chi connectivity index (χ0v) is 20.1. The largest absolute Gasteiger partial charge is 0.505 e. The lowest BCUT2D eigenvalue weighted by molar-refractivity contribution is -0.135. The Labute approximate surface area is 198 Å². The maximum absolute atomic E-state index is 12.7. The van der Waals surface area contributed by atoms with E-state index in [9.17, 15) is 14.4 Å². The van der Waals surface area contributed by atoms with Crippen LogP contribution >= 0.6 is 0 Å². The van der Waals surface area contributed by atoms with Gasteiger partial charge in [-0.05, 0) is 64.7 Å². The number of rotatable bonds is 22. The van der Waals surface area contributed by atoms with E-state index in [1.54, 1.807) is 4.90 Å². The number of carbonyl (C=O) groups is 3. The highest BCUT2D eigenvalue weighted by Crippen LogP contribution is 2.06. The fraction of sp³-hybridized carbons (Fsp3) is 0.864. The maximum atomic E-state index is 12.7. The molecule has 194 valence electrons. The van der Waals surface area contributed by atoms with E-state index in [4.69, 9.17) is 22.3 Å². The van der Waals surface area contributed by atoms with Gasteiger partial charge in [0.15, 0.2) is 0 Å². The van der Waals surface area contributed by atoms with Gasteiger partial charge in [-0.1, -0.05) is 25.7 Å².